The molecule has 0 aliphatic heterocycles. The van der Waals surface area contributed by atoms with E-state index in [1.807, 2.05) is 30.3 Å². The molecule has 0 atom stereocenters. The first kappa shape index (κ1) is 10.1. The Morgan fingerprint density at radius 3 is 2.23 bits per heavy atom. The zero-order chi connectivity index (χ0) is 9.73. The molecule has 0 aliphatic carbocycles. The molecule has 1 aromatic rings. The molecule has 1 aromatic carbocycles. The van der Waals surface area contributed by atoms with Gasteiger partial charge in [0.2, 0.25) is 0 Å². The van der Waals surface area contributed by atoms with E-state index < -0.39 is 6.18 Å². The molecule has 0 amide bonds. The van der Waals surface area contributed by atoms with Gasteiger partial charge in [0.05, 0.1) is 6.42 Å². The van der Waals surface area contributed by atoms with Gasteiger partial charge in [0.15, 0.2) is 0 Å². The number of alkyl halides is 3. The Morgan fingerprint density at radius 1 is 1.08 bits per heavy atom. The molecule has 0 fully saturated rings. The van der Waals surface area contributed by atoms with Crippen molar-refractivity contribution < 1.29 is 13.2 Å². The third-order valence-corrected chi connectivity index (χ3v) is 1.65. The minimum Gasteiger partial charge on any atom is -0.171 e. The maximum Gasteiger partial charge on any atom is 0.392 e. The summed E-state index contributed by atoms with van der Waals surface area (Å²) in [5.74, 6) is 0. The monoisotopic (exact) mass is 187 g/mol. The van der Waals surface area contributed by atoms with Crippen molar-refractivity contribution in [3.63, 3.8) is 0 Å². The van der Waals surface area contributed by atoms with E-state index in [-0.39, 0.29) is 6.42 Å². The van der Waals surface area contributed by atoms with Crippen LogP contribution >= 0.6 is 0 Å². The lowest BCUT2D eigenvalue weighted by Gasteiger charge is -2.04. The normalized spacial score (nSPS) is 11.6. The summed E-state index contributed by atoms with van der Waals surface area (Å²) in [4.78, 5) is 0. The van der Waals surface area contributed by atoms with Crippen molar-refractivity contribution in [3.05, 3.63) is 42.3 Å². The molecule has 1 rings (SSSR count). The van der Waals surface area contributed by atoms with Crippen molar-refractivity contribution in [1.82, 2.24) is 0 Å². The van der Waals surface area contributed by atoms with Gasteiger partial charge in [-0.1, -0.05) is 30.3 Å². The summed E-state index contributed by atoms with van der Waals surface area (Å²) in [6.07, 6.45) is -3.26. The third-order valence-electron chi connectivity index (χ3n) is 1.65. The van der Waals surface area contributed by atoms with Crippen LogP contribution in [0, 0.1) is 6.42 Å². The molecular formula is C10H10F3. The number of aryl methyl sites for hydroxylation is 1. The van der Waals surface area contributed by atoms with E-state index in [1.54, 1.807) is 0 Å². The Kier molecular flexibility index (Phi) is 3.34. The van der Waals surface area contributed by atoms with Gasteiger partial charge in [0.25, 0.3) is 0 Å². The first-order valence-corrected chi connectivity index (χ1v) is 4.03. The first-order chi connectivity index (χ1) is 6.08. The standard InChI is InChI=1S/C10H10F3/c11-10(12,13)8-4-7-9-5-2-1-3-6-9/h1-3,5-6,8H,4,7H2. The van der Waals surface area contributed by atoms with E-state index >= 15 is 0 Å². The summed E-state index contributed by atoms with van der Waals surface area (Å²) in [5.41, 5.74) is 0.933. The second-order valence-electron chi connectivity index (χ2n) is 2.77. The Bertz CT molecular complexity index is 238. The molecule has 0 saturated carbocycles. The number of rotatable bonds is 3. The van der Waals surface area contributed by atoms with E-state index in [9.17, 15) is 13.2 Å². The Hall–Kier alpha value is -0.990. The average molecular weight is 187 g/mol. The van der Waals surface area contributed by atoms with E-state index in [2.05, 4.69) is 0 Å². The predicted octanol–water partition coefficient (Wildman–Crippen LogP) is 3.39. The molecule has 0 bridgehead atoms. The molecule has 0 heterocycles. The number of hydrogen-bond donors (Lipinski definition) is 0. The molecule has 13 heavy (non-hydrogen) atoms. The largest absolute Gasteiger partial charge is 0.392 e. The van der Waals surface area contributed by atoms with E-state index in [4.69, 9.17) is 0 Å². The van der Waals surface area contributed by atoms with Crippen molar-refractivity contribution in [3.8, 4) is 0 Å². The maximum absolute atomic E-state index is 11.7. The van der Waals surface area contributed by atoms with Gasteiger partial charge in [0.1, 0.15) is 0 Å². The van der Waals surface area contributed by atoms with Gasteiger partial charge in [-0.05, 0) is 18.4 Å². The lowest BCUT2D eigenvalue weighted by molar-refractivity contribution is -0.0981. The van der Waals surface area contributed by atoms with Crippen LogP contribution in [0.5, 0.6) is 0 Å². The van der Waals surface area contributed by atoms with Crippen molar-refractivity contribution in [2.45, 2.75) is 19.0 Å². The fourth-order valence-corrected chi connectivity index (χ4v) is 1.05. The topological polar surface area (TPSA) is 0 Å². The molecule has 0 nitrogen and oxygen atoms in total. The Balaban J connectivity index is 2.29. The van der Waals surface area contributed by atoms with Crippen LogP contribution in [0.15, 0.2) is 30.3 Å². The highest BCUT2D eigenvalue weighted by atomic mass is 19.4. The molecule has 0 unspecified atom stereocenters. The molecule has 0 aromatic heterocycles. The smallest absolute Gasteiger partial charge is 0.171 e. The molecule has 1 radical (unpaired) electrons. The zero-order valence-electron chi connectivity index (χ0n) is 7.01. The summed E-state index contributed by atoms with van der Waals surface area (Å²) in [5, 5.41) is 0. The summed E-state index contributed by atoms with van der Waals surface area (Å²) >= 11 is 0. The Morgan fingerprint density at radius 2 is 1.69 bits per heavy atom. The maximum atomic E-state index is 11.7. The quantitative estimate of drug-likeness (QED) is 0.680. The van der Waals surface area contributed by atoms with Crippen LogP contribution in [-0.2, 0) is 6.42 Å². The van der Waals surface area contributed by atoms with Crippen LogP contribution in [-0.4, -0.2) is 6.18 Å². The van der Waals surface area contributed by atoms with Crippen LogP contribution in [0.25, 0.3) is 0 Å². The van der Waals surface area contributed by atoms with Crippen LogP contribution < -0.4 is 0 Å². The van der Waals surface area contributed by atoms with Gasteiger partial charge in [0, 0.05) is 0 Å². The fraction of sp³-hybridized carbons (Fsp3) is 0.300. The first-order valence-electron chi connectivity index (χ1n) is 4.03. The highest BCUT2D eigenvalue weighted by Gasteiger charge is 2.26. The van der Waals surface area contributed by atoms with Crippen LogP contribution in [0.3, 0.4) is 0 Å². The molecule has 71 valence electrons. The van der Waals surface area contributed by atoms with E-state index in [0.717, 1.165) is 5.56 Å². The fourth-order valence-electron chi connectivity index (χ4n) is 1.05. The minimum atomic E-state index is -4.14. The Labute approximate surface area is 75.4 Å². The average Bonchev–Trinajstić information content (AvgIpc) is 2.04. The van der Waals surface area contributed by atoms with Crippen molar-refractivity contribution >= 4 is 0 Å². The number of halogens is 3. The molecule has 0 spiro atoms. The highest BCUT2D eigenvalue weighted by molar-refractivity contribution is 5.14. The van der Waals surface area contributed by atoms with E-state index in [1.165, 1.54) is 0 Å². The summed E-state index contributed by atoms with van der Waals surface area (Å²) in [6.45, 7) is 0. The summed E-state index contributed by atoms with van der Waals surface area (Å²) in [7, 11) is 0. The van der Waals surface area contributed by atoms with Gasteiger partial charge < -0.3 is 0 Å². The van der Waals surface area contributed by atoms with Gasteiger partial charge in [-0.15, -0.1) is 0 Å². The SMILES string of the molecule is FC(F)(F)[CH]CCc1ccccc1. The highest BCUT2D eigenvalue weighted by Crippen LogP contribution is 2.21. The van der Waals surface area contributed by atoms with Crippen molar-refractivity contribution in [2.24, 2.45) is 0 Å². The molecule has 0 aliphatic rings. The second-order valence-corrected chi connectivity index (χ2v) is 2.77. The molecular weight excluding hydrogens is 177 g/mol. The lowest BCUT2D eigenvalue weighted by atomic mass is 10.1. The summed E-state index contributed by atoms with van der Waals surface area (Å²) < 4.78 is 35.1. The minimum absolute atomic E-state index is 0.0491. The van der Waals surface area contributed by atoms with Crippen molar-refractivity contribution in [1.29, 1.82) is 0 Å². The van der Waals surface area contributed by atoms with Gasteiger partial charge in [-0.2, -0.15) is 13.2 Å². The number of benzene rings is 1. The lowest BCUT2D eigenvalue weighted by Crippen LogP contribution is -2.08. The predicted molar refractivity (Wildman–Crippen MR) is 45.1 cm³/mol. The van der Waals surface area contributed by atoms with E-state index in [0.29, 0.717) is 12.8 Å². The second kappa shape index (κ2) is 4.30. The van der Waals surface area contributed by atoms with Gasteiger partial charge in [-0.3, -0.25) is 0 Å². The molecule has 0 saturated heterocycles. The molecule has 0 N–H and O–H groups in total. The van der Waals surface area contributed by atoms with Gasteiger partial charge >= 0.3 is 6.18 Å². The van der Waals surface area contributed by atoms with Crippen LogP contribution in [0.2, 0.25) is 0 Å². The number of hydrogen-bond acceptors (Lipinski definition) is 0. The van der Waals surface area contributed by atoms with Crippen LogP contribution in [0.4, 0.5) is 13.2 Å². The third kappa shape index (κ3) is 4.55. The van der Waals surface area contributed by atoms with Crippen LogP contribution in [0.1, 0.15) is 12.0 Å². The van der Waals surface area contributed by atoms with Gasteiger partial charge in [-0.25, -0.2) is 0 Å². The molecule has 3 heteroatoms. The summed E-state index contributed by atoms with van der Waals surface area (Å²) in [6, 6.07) is 9.14. The zero-order valence-corrected chi connectivity index (χ0v) is 7.01. The van der Waals surface area contributed by atoms with Crippen molar-refractivity contribution in [2.75, 3.05) is 0 Å².